The number of aryl methyl sites for hydroxylation is 1. The summed E-state index contributed by atoms with van der Waals surface area (Å²) in [4.78, 5) is 4.73. The van der Waals surface area contributed by atoms with Crippen LogP contribution in [0.4, 0.5) is 0 Å². The fourth-order valence-corrected chi connectivity index (χ4v) is 6.45. The lowest BCUT2D eigenvalue weighted by Crippen LogP contribution is -2.34. The number of nitrogens with zero attached hydrogens (tertiary/aromatic N) is 3. The molecule has 1 aromatic carbocycles. The zero-order chi connectivity index (χ0) is 23.2. The molecule has 1 N–H and O–H groups in total. The van der Waals surface area contributed by atoms with Crippen LogP contribution in [0.5, 0.6) is 0 Å². The van der Waals surface area contributed by atoms with E-state index in [1.54, 1.807) is 12.1 Å². The highest BCUT2D eigenvalue weighted by atomic mass is 32.2. The van der Waals surface area contributed by atoms with Crippen molar-refractivity contribution in [1.82, 2.24) is 14.3 Å². The quantitative estimate of drug-likeness (QED) is 0.526. The van der Waals surface area contributed by atoms with Crippen molar-refractivity contribution in [2.45, 2.75) is 75.8 Å². The van der Waals surface area contributed by atoms with Gasteiger partial charge in [-0.3, -0.25) is 4.98 Å². The van der Waals surface area contributed by atoms with Gasteiger partial charge < -0.3 is 4.57 Å². The molecular formula is C26H30N4O2S. The summed E-state index contributed by atoms with van der Waals surface area (Å²) >= 11 is 0. The van der Waals surface area contributed by atoms with E-state index >= 15 is 0 Å². The lowest BCUT2D eigenvalue weighted by molar-refractivity contribution is 0.363. The van der Waals surface area contributed by atoms with Gasteiger partial charge in [0.15, 0.2) is 0 Å². The predicted molar refractivity (Wildman–Crippen MR) is 129 cm³/mol. The fourth-order valence-electron chi connectivity index (χ4n) is 5.20. The Morgan fingerprint density at radius 3 is 2.52 bits per heavy atom. The molecule has 0 bridgehead atoms. The molecule has 0 unspecified atom stereocenters. The van der Waals surface area contributed by atoms with E-state index in [-0.39, 0.29) is 10.9 Å². The number of sulfonamides is 1. The van der Waals surface area contributed by atoms with Gasteiger partial charge in [-0.2, -0.15) is 5.26 Å². The van der Waals surface area contributed by atoms with Gasteiger partial charge in [0, 0.05) is 23.7 Å². The smallest absolute Gasteiger partial charge is 0.242 e. The number of aromatic nitrogens is 2. The highest BCUT2D eigenvalue weighted by Crippen LogP contribution is 2.40. The Kier molecular flexibility index (Phi) is 5.75. The third-order valence-corrected chi connectivity index (χ3v) is 8.71. The van der Waals surface area contributed by atoms with Crippen LogP contribution in [0.3, 0.4) is 0 Å². The maximum atomic E-state index is 12.8. The molecule has 7 heteroatoms. The van der Waals surface area contributed by atoms with Crippen LogP contribution in [0.15, 0.2) is 41.4 Å². The molecule has 2 fully saturated rings. The standard InChI is InChI=1S/C26H30N4O2S/c1-17-8-13-25-22(14-17)23(15-27)26(30(25)20-6-4-3-5-7-20)24-12-11-21(16-28-24)33(31,32)29-18(2)19-9-10-19/h8,11-14,16,18-20,29H,3-7,9-10H2,1-2H3/t18-/m0/s1. The summed E-state index contributed by atoms with van der Waals surface area (Å²) in [5, 5.41) is 11.1. The average Bonchev–Trinajstić information content (AvgIpc) is 3.61. The largest absolute Gasteiger partial charge is 0.335 e. The number of benzene rings is 1. The van der Waals surface area contributed by atoms with Crippen LogP contribution in [-0.2, 0) is 10.0 Å². The van der Waals surface area contributed by atoms with Gasteiger partial charge in [-0.05, 0) is 69.7 Å². The van der Waals surface area contributed by atoms with E-state index in [1.165, 1.54) is 25.5 Å². The van der Waals surface area contributed by atoms with Gasteiger partial charge in [0.2, 0.25) is 10.0 Å². The SMILES string of the molecule is Cc1ccc2c(c1)c(C#N)c(-c1ccc(S(=O)(=O)N[C@@H](C)C3CC3)cn1)n2C1CCCCC1. The number of nitriles is 1. The van der Waals surface area contributed by atoms with Crippen LogP contribution >= 0.6 is 0 Å². The summed E-state index contributed by atoms with van der Waals surface area (Å²) in [6.07, 6.45) is 9.31. The van der Waals surface area contributed by atoms with E-state index < -0.39 is 10.0 Å². The van der Waals surface area contributed by atoms with E-state index in [0.717, 1.165) is 47.8 Å². The zero-order valence-corrected chi connectivity index (χ0v) is 20.0. The Labute approximate surface area is 195 Å². The van der Waals surface area contributed by atoms with Gasteiger partial charge >= 0.3 is 0 Å². The summed E-state index contributed by atoms with van der Waals surface area (Å²) in [5.41, 5.74) is 4.21. The molecule has 0 radical (unpaired) electrons. The zero-order valence-electron chi connectivity index (χ0n) is 19.2. The number of hydrogen-bond acceptors (Lipinski definition) is 4. The molecule has 0 spiro atoms. The number of nitrogens with one attached hydrogen (secondary N) is 1. The second kappa shape index (κ2) is 8.58. The third kappa shape index (κ3) is 4.18. The molecule has 0 amide bonds. The molecule has 0 saturated heterocycles. The summed E-state index contributed by atoms with van der Waals surface area (Å²) in [6, 6.07) is 12.3. The first-order chi connectivity index (χ1) is 15.9. The minimum absolute atomic E-state index is 0.0723. The molecular weight excluding hydrogens is 432 g/mol. The van der Waals surface area contributed by atoms with Gasteiger partial charge in [0.25, 0.3) is 0 Å². The normalized spacial score (nSPS) is 18.3. The van der Waals surface area contributed by atoms with E-state index in [4.69, 9.17) is 0 Å². The lowest BCUT2D eigenvalue weighted by atomic mass is 9.95. The van der Waals surface area contributed by atoms with Crippen molar-refractivity contribution in [3.63, 3.8) is 0 Å². The minimum atomic E-state index is -3.62. The van der Waals surface area contributed by atoms with Crippen LogP contribution in [0.2, 0.25) is 0 Å². The highest BCUT2D eigenvalue weighted by Gasteiger charge is 2.31. The molecule has 2 saturated carbocycles. The summed E-state index contributed by atoms with van der Waals surface area (Å²) in [7, 11) is -3.62. The van der Waals surface area contributed by atoms with Crippen molar-refractivity contribution in [2.75, 3.05) is 0 Å². The maximum absolute atomic E-state index is 12.8. The van der Waals surface area contributed by atoms with Crippen molar-refractivity contribution < 1.29 is 8.42 Å². The molecule has 2 heterocycles. The molecule has 2 aliphatic rings. The number of hydrogen-bond donors (Lipinski definition) is 1. The second-order valence-corrected chi connectivity index (χ2v) is 11.4. The van der Waals surface area contributed by atoms with Crippen LogP contribution < -0.4 is 4.72 Å². The number of pyridine rings is 1. The van der Waals surface area contributed by atoms with Crippen molar-refractivity contribution in [3.8, 4) is 17.5 Å². The first-order valence-corrected chi connectivity index (χ1v) is 13.4. The van der Waals surface area contributed by atoms with Gasteiger partial charge in [-0.25, -0.2) is 13.1 Å². The predicted octanol–water partition coefficient (Wildman–Crippen LogP) is 5.47. The van der Waals surface area contributed by atoms with E-state index in [0.29, 0.717) is 23.2 Å². The maximum Gasteiger partial charge on any atom is 0.242 e. The van der Waals surface area contributed by atoms with Gasteiger partial charge in [-0.15, -0.1) is 0 Å². The van der Waals surface area contributed by atoms with Gasteiger partial charge in [0.1, 0.15) is 11.0 Å². The molecule has 3 aromatic rings. The lowest BCUT2D eigenvalue weighted by Gasteiger charge is -2.26. The van der Waals surface area contributed by atoms with Crippen molar-refractivity contribution >= 4 is 20.9 Å². The Morgan fingerprint density at radius 2 is 1.88 bits per heavy atom. The monoisotopic (exact) mass is 462 g/mol. The number of rotatable bonds is 6. The van der Waals surface area contributed by atoms with Crippen molar-refractivity contribution in [3.05, 3.63) is 47.7 Å². The first-order valence-electron chi connectivity index (χ1n) is 11.9. The Bertz CT molecular complexity index is 1330. The van der Waals surface area contributed by atoms with Crippen molar-refractivity contribution in [1.29, 1.82) is 5.26 Å². The minimum Gasteiger partial charge on any atom is -0.335 e. The molecule has 2 aliphatic carbocycles. The van der Waals surface area contributed by atoms with Crippen LogP contribution in [0.1, 0.15) is 69.0 Å². The van der Waals surface area contributed by atoms with Crippen LogP contribution in [-0.4, -0.2) is 24.0 Å². The van der Waals surface area contributed by atoms with Crippen LogP contribution in [0.25, 0.3) is 22.3 Å². The Morgan fingerprint density at radius 1 is 1.12 bits per heavy atom. The summed E-state index contributed by atoms with van der Waals surface area (Å²) in [6.45, 7) is 3.95. The Hall–Kier alpha value is -2.69. The molecule has 2 aromatic heterocycles. The molecule has 172 valence electrons. The van der Waals surface area contributed by atoms with Crippen LogP contribution in [0, 0.1) is 24.2 Å². The van der Waals surface area contributed by atoms with Gasteiger partial charge in [-0.1, -0.05) is 30.9 Å². The molecule has 5 rings (SSSR count). The summed E-state index contributed by atoms with van der Waals surface area (Å²) < 4.78 is 30.7. The van der Waals surface area contributed by atoms with E-state index in [9.17, 15) is 13.7 Å². The second-order valence-electron chi connectivity index (χ2n) is 9.64. The average molecular weight is 463 g/mol. The topological polar surface area (TPSA) is 87.8 Å². The molecule has 0 aliphatic heterocycles. The number of fused-ring (bicyclic) bond motifs is 1. The molecule has 33 heavy (non-hydrogen) atoms. The fraction of sp³-hybridized carbons (Fsp3) is 0.462. The third-order valence-electron chi connectivity index (χ3n) is 7.17. The van der Waals surface area contributed by atoms with E-state index in [1.807, 2.05) is 13.8 Å². The first kappa shape index (κ1) is 22.1. The molecule has 6 nitrogen and oxygen atoms in total. The Balaban J connectivity index is 1.59. The molecule has 1 atom stereocenters. The highest BCUT2D eigenvalue weighted by molar-refractivity contribution is 7.89. The van der Waals surface area contributed by atoms with Crippen molar-refractivity contribution in [2.24, 2.45) is 5.92 Å². The summed E-state index contributed by atoms with van der Waals surface area (Å²) in [5.74, 6) is 0.430. The van der Waals surface area contributed by atoms with Gasteiger partial charge in [0.05, 0.1) is 22.5 Å². The van der Waals surface area contributed by atoms with E-state index in [2.05, 4.69) is 38.5 Å².